The van der Waals surface area contributed by atoms with E-state index in [0.29, 0.717) is 27.9 Å². The van der Waals surface area contributed by atoms with Gasteiger partial charge in [0.2, 0.25) is 11.8 Å². The zero-order valence-electron chi connectivity index (χ0n) is 19.4. The monoisotopic (exact) mass is 477 g/mol. The molecule has 0 radical (unpaired) electrons. The predicted octanol–water partition coefficient (Wildman–Crippen LogP) is 4.81. The molecule has 0 saturated heterocycles. The lowest BCUT2D eigenvalue weighted by Crippen LogP contribution is -2.22. The Labute approximate surface area is 201 Å². The summed E-state index contributed by atoms with van der Waals surface area (Å²) < 4.78 is 15.9. The van der Waals surface area contributed by atoms with Gasteiger partial charge in [0.25, 0.3) is 0 Å². The number of methoxy groups -OCH3 is 2. The third kappa shape index (κ3) is 4.69. The van der Waals surface area contributed by atoms with Crippen molar-refractivity contribution in [3.8, 4) is 11.5 Å². The van der Waals surface area contributed by atoms with Crippen LogP contribution >= 0.6 is 11.3 Å². The first-order chi connectivity index (χ1) is 16.3. The summed E-state index contributed by atoms with van der Waals surface area (Å²) in [7, 11) is 3.07. The van der Waals surface area contributed by atoms with E-state index in [4.69, 9.17) is 14.2 Å². The van der Waals surface area contributed by atoms with E-state index >= 15 is 0 Å². The van der Waals surface area contributed by atoms with Gasteiger partial charge in [-0.3, -0.25) is 9.69 Å². The number of rotatable bonds is 6. The molecule has 1 aromatic heterocycles. The van der Waals surface area contributed by atoms with Crippen molar-refractivity contribution in [3.05, 3.63) is 69.9 Å². The molecule has 1 aliphatic heterocycles. The molecule has 2 heterocycles. The molecule has 34 heavy (non-hydrogen) atoms. The van der Waals surface area contributed by atoms with Crippen LogP contribution in [-0.4, -0.2) is 37.0 Å². The van der Waals surface area contributed by atoms with Gasteiger partial charge in [-0.1, -0.05) is 6.07 Å². The largest absolute Gasteiger partial charge is 0.497 e. The minimum Gasteiger partial charge on any atom is -0.497 e. The van der Waals surface area contributed by atoms with E-state index in [1.165, 1.54) is 38.6 Å². The fourth-order valence-corrected chi connectivity index (χ4v) is 4.18. The van der Waals surface area contributed by atoms with E-state index in [1.807, 2.05) is 32.0 Å². The number of hydrogen-bond donors (Lipinski definition) is 0. The zero-order chi connectivity index (χ0) is 24.4. The van der Waals surface area contributed by atoms with Crippen molar-refractivity contribution in [1.29, 1.82) is 0 Å². The molecule has 9 heteroatoms. The number of ether oxygens (including phenoxy) is 3. The summed E-state index contributed by atoms with van der Waals surface area (Å²) in [6.07, 6.45) is 1.53. The third-order valence-corrected chi connectivity index (χ3v) is 6.11. The smallest absolute Gasteiger partial charge is 0.363 e. The number of amides is 1. The van der Waals surface area contributed by atoms with Crippen LogP contribution in [0.4, 0.5) is 10.8 Å². The molecule has 174 valence electrons. The average Bonchev–Trinajstić information content (AvgIpc) is 3.42. The van der Waals surface area contributed by atoms with Gasteiger partial charge in [0.1, 0.15) is 11.5 Å². The SMILES string of the molecule is COc1cc(OC)cc(C2=N/C(=C\c3csc(N(C(C)=O)c4ccc(C)c(C)c4)n3)C(=O)O2)c1. The van der Waals surface area contributed by atoms with Crippen LogP contribution in [0.3, 0.4) is 0 Å². The lowest BCUT2D eigenvalue weighted by Gasteiger charge is -2.19. The lowest BCUT2D eigenvalue weighted by atomic mass is 10.1. The minimum atomic E-state index is -0.594. The van der Waals surface area contributed by atoms with Crippen LogP contribution in [0.25, 0.3) is 6.08 Å². The van der Waals surface area contributed by atoms with Crippen LogP contribution in [-0.2, 0) is 14.3 Å². The summed E-state index contributed by atoms with van der Waals surface area (Å²) in [5.74, 6) is 0.480. The number of anilines is 2. The summed E-state index contributed by atoms with van der Waals surface area (Å²) in [5.41, 5.74) is 4.09. The van der Waals surface area contributed by atoms with Crippen molar-refractivity contribution in [1.82, 2.24) is 4.98 Å². The number of carbonyl (C=O) groups is 2. The molecule has 0 aliphatic carbocycles. The van der Waals surface area contributed by atoms with Crippen molar-refractivity contribution in [2.45, 2.75) is 20.8 Å². The van der Waals surface area contributed by atoms with E-state index in [9.17, 15) is 9.59 Å². The zero-order valence-corrected chi connectivity index (χ0v) is 20.2. The average molecular weight is 478 g/mol. The highest BCUT2D eigenvalue weighted by Crippen LogP contribution is 2.32. The van der Waals surface area contributed by atoms with Crippen molar-refractivity contribution in [2.75, 3.05) is 19.1 Å². The normalized spacial score (nSPS) is 14.1. The molecule has 1 amide bonds. The van der Waals surface area contributed by atoms with Crippen LogP contribution in [0, 0.1) is 13.8 Å². The Kier molecular flexibility index (Phi) is 6.47. The summed E-state index contributed by atoms with van der Waals surface area (Å²) in [6, 6.07) is 10.9. The van der Waals surface area contributed by atoms with Crippen molar-refractivity contribution in [3.63, 3.8) is 0 Å². The van der Waals surface area contributed by atoms with E-state index in [-0.39, 0.29) is 17.5 Å². The van der Waals surface area contributed by atoms with Gasteiger partial charge in [-0.15, -0.1) is 11.3 Å². The standard InChI is InChI=1S/C25H23N3O5S/c1-14-6-7-19(8-15(14)2)28(16(3)29)25-26-18(13-34-25)11-22-24(30)33-23(27-22)17-9-20(31-4)12-21(10-17)32-5/h6-13H,1-5H3/b22-11-. The molecule has 0 atom stereocenters. The number of thiazole rings is 1. The van der Waals surface area contributed by atoms with Crippen molar-refractivity contribution >= 4 is 46.0 Å². The first-order valence-electron chi connectivity index (χ1n) is 10.4. The second-order valence-electron chi connectivity index (χ2n) is 7.62. The maximum atomic E-state index is 12.5. The van der Waals surface area contributed by atoms with Gasteiger partial charge >= 0.3 is 5.97 Å². The quantitative estimate of drug-likeness (QED) is 0.374. The molecular weight excluding hydrogens is 454 g/mol. The Balaban J connectivity index is 1.65. The van der Waals surface area contributed by atoms with Gasteiger partial charge in [0.15, 0.2) is 10.8 Å². The van der Waals surface area contributed by atoms with Crippen molar-refractivity contribution in [2.24, 2.45) is 4.99 Å². The van der Waals surface area contributed by atoms with Gasteiger partial charge in [-0.25, -0.2) is 14.8 Å². The lowest BCUT2D eigenvalue weighted by molar-refractivity contribution is -0.130. The summed E-state index contributed by atoms with van der Waals surface area (Å²) >= 11 is 1.30. The molecule has 0 bridgehead atoms. The fourth-order valence-electron chi connectivity index (χ4n) is 3.34. The molecule has 1 aliphatic rings. The van der Waals surface area contributed by atoms with Crippen LogP contribution in [0.15, 0.2) is 52.5 Å². The highest BCUT2D eigenvalue weighted by molar-refractivity contribution is 7.14. The van der Waals surface area contributed by atoms with Gasteiger partial charge < -0.3 is 14.2 Å². The molecule has 2 aromatic carbocycles. The van der Waals surface area contributed by atoms with Gasteiger partial charge in [0, 0.05) is 23.9 Å². The number of esters is 1. The molecule has 4 rings (SSSR count). The molecular formula is C25H23N3O5S. The summed E-state index contributed by atoms with van der Waals surface area (Å²) in [4.78, 5) is 35.3. The summed E-state index contributed by atoms with van der Waals surface area (Å²) in [5, 5.41) is 2.25. The van der Waals surface area contributed by atoms with E-state index in [2.05, 4.69) is 9.98 Å². The molecule has 0 N–H and O–H groups in total. The number of cyclic esters (lactones) is 1. The molecule has 3 aromatic rings. The maximum Gasteiger partial charge on any atom is 0.363 e. The highest BCUT2D eigenvalue weighted by Gasteiger charge is 2.26. The second-order valence-corrected chi connectivity index (χ2v) is 8.45. The Morgan fingerprint density at radius 1 is 1.06 bits per heavy atom. The Bertz CT molecular complexity index is 1320. The second kappa shape index (κ2) is 9.48. The Morgan fingerprint density at radius 2 is 1.76 bits per heavy atom. The number of benzene rings is 2. The number of hydrogen-bond acceptors (Lipinski definition) is 8. The van der Waals surface area contributed by atoms with Gasteiger partial charge in [-0.2, -0.15) is 0 Å². The van der Waals surface area contributed by atoms with Crippen LogP contribution in [0.5, 0.6) is 11.5 Å². The Hall–Kier alpha value is -3.98. The van der Waals surface area contributed by atoms with Crippen LogP contribution < -0.4 is 14.4 Å². The number of carbonyl (C=O) groups excluding carboxylic acids is 2. The number of aryl methyl sites for hydroxylation is 2. The van der Waals surface area contributed by atoms with Crippen molar-refractivity contribution < 1.29 is 23.8 Å². The Morgan fingerprint density at radius 3 is 2.38 bits per heavy atom. The maximum absolute atomic E-state index is 12.5. The number of aliphatic imine (C=N–C) groups is 1. The summed E-state index contributed by atoms with van der Waals surface area (Å²) in [6.45, 7) is 5.50. The first kappa shape index (κ1) is 23.2. The van der Waals surface area contributed by atoms with E-state index in [1.54, 1.807) is 28.5 Å². The third-order valence-electron chi connectivity index (χ3n) is 5.27. The van der Waals surface area contributed by atoms with Crippen LogP contribution in [0.1, 0.15) is 29.3 Å². The number of nitrogens with zero attached hydrogens (tertiary/aromatic N) is 3. The fraction of sp³-hybridized carbons (Fsp3) is 0.200. The molecule has 0 unspecified atom stereocenters. The molecule has 0 saturated carbocycles. The van der Waals surface area contributed by atoms with Gasteiger partial charge in [0.05, 0.1) is 25.6 Å². The highest BCUT2D eigenvalue weighted by atomic mass is 32.1. The topological polar surface area (TPSA) is 90.3 Å². The van der Waals surface area contributed by atoms with E-state index < -0.39 is 5.97 Å². The predicted molar refractivity (Wildman–Crippen MR) is 131 cm³/mol. The molecule has 0 spiro atoms. The molecule has 8 nitrogen and oxygen atoms in total. The molecule has 0 fully saturated rings. The van der Waals surface area contributed by atoms with E-state index in [0.717, 1.165) is 16.8 Å². The van der Waals surface area contributed by atoms with Gasteiger partial charge in [-0.05, 0) is 55.3 Å². The minimum absolute atomic E-state index is 0.106. The first-order valence-corrected chi connectivity index (χ1v) is 11.3. The van der Waals surface area contributed by atoms with Crippen LogP contribution in [0.2, 0.25) is 0 Å². The number of aromatic nitrogens is 1.